The van der Waals surface area contributed by atoms with Crippen LogP contribution < -0.4 is 9.64 Å². The summed E-state index contributed by atoms with van der Waals surface area (Å²) in [4.78, 5) is 16.9. The Bertz CT molecular complexity index is 684. The predicted molar refractivity (Wildman–Crippen MR) is 91.3 cm³/mol. The minimum Gasteiger partial charge on any atom is -0.497 e. The lowest BCUT2D eigenvalue weighted by atomic mass is 9.89. The van der Waals surface area contributed by atoms with Crippen LogP contribution in [0.4, 0.5) is 5.69 Å². The highest BCUT2D eigenvalue weighted by molar-refractivity contribution is 6.05. The van der Waals surface area contributed by atoms with E-state index in [1.807, 2.05) is 26.0 Å². The van der Waals surface area contributed by atoms with Gasteiger partial charge in [0.2, 0.25) is 5.91 Å². The normalized spacial score (nSPS) is 27.6. The molecule has 1 unspecified atom stereocenters. The van der Waals surface area contributed by atoms with Crippen LogP contribution in [0.15, 0.2) is 29.4 Å². The molecule has 0 aliphatic carbocycles. The molecule has 0 N–H and O–H groups in total. The first kappa shape index (κ1) is 17.5. The highest BCUT2D eigenvalue weighted by Crippen LogP contribution is 2.35. The third kappa shape index (κ3) is 3.56. The summed E-state index contributed by atoms with van der Waals surface area (Å²) in [6.45, 7) is 4.29. The summed E-state index contributed by atoms with van der Waals surface area (Å²) in [7, 11) is 1.59. The van der Waals surface area contributed by atoms with Gasteiger partial charge in [0.15, 0.2) is 5.79 Å². The number of carbonyl (C=O) groups is 1. The molecule has 2 fully saturated rings. The lowest BCUT2D eigenvalue weighted by Gasteiger charge is -2.45. The number of azide groups is 1. The fraction of sp³-hybridized carbons (Fsp3) is 0.588. The zero-order valence-corrected chi connectivity index (χ0v) is 14.6. The number of rotatable bonds is 6. The first-order valence-corrected chi connectivity index (χ1v) is 8.28. The fourth-order valence-corrected chi connectivity index (χ4v) is 3.32. The molecule has 3 rings (SSSR count). The molecule has 1 amide bonds. The molecule has 8 heteroatoms. The van der Waals surface area contributed by atoms with Gasteiger partial charge in [-0.25, -0.2) is 0 Å². The standard InChI is InChI=1S/C17H22N4O4/c1-17(2)24-10-13(25-17)8-9-14-15(19-20-18)16(22)21(14)11-4-6-12(23-3)7-5-11/h4-7,13-15H,8-10H2,1-3H3/t13?,14-,15+/m1/s1. The molecule has 25 heavy (non-hydrogen) atoms. The van der Waals surface area contributed by atoms with Crippen LogP contribution in [0, 0.1) is 0 Å². The molecular formula is C17H22N4O4. The molecule has 2 aliphatic rings. The number of nitrogens with zero attached hydrogens (tertiary/aromatic N) is 4. The maximum absolute atomic E-state index is 12.4. The number of carbonyl (C=O) groups excluding carboxylic acids is 1. The average Bonchev–Trinajstić information content (AvgIpc) is 2.95. The third-order valence-corrected chi connectivity index (χ3v) is 4.56. The first-order chi connectivity index (χ1) is 11.9. The van der Waals surface area contributed by atoms with Crippen LogP contribution in [-0.2, 0) is 14.3 Å². The third-order valence-electron chi connectivity index (χ3n) is 4.56. The van der Waals surface area contributed by atoms with Crippen LogP contribution in [0.5, 0.6) is 5.75 Å². The van der Waals surface area contributed by atoms with E-state index in [0.29, 0.717) is 13.0 Å². The molecule has 1 aromatic rings. The van der Waals surface area contributed by atoms with E-state index in [2.05, 4.69) is 10.0 Å². The van der Waals surface area contributed by atoms with Gasteiger partial charge in [0.05, 0.1) is 25.9 Å². The van der Waals surface area contributed by atoms with Gasteiger partial charge < -0.3 is 19.1 Å². The molecule has 2 heterocycles. The highest BCUT2D eigenvalue weighted by atomic mass is 16.7. The summed E-state index contributed by atoms with van der Waals surface area (Å²) in [5.41, 5.74) is 9.50. The van der Waals surface area contributed by atoms with E-state index in [9.17, 15) is 4.79 Å². The van der Waals surface area contributed by atoms with Crippen LogP contribution in [0.2, 0.25) is 0 Å². The molecule has 0 saturated carbocycles. The van der Waals surface area contributed by atoms with E-state index in [4.69, 9.17) is 19.7 Å². The van der Waals surface area contributed by atoms with Crippen LogP contribution in [0.25, 0.3) is 10.4 Å². The molecule has 1 aromatic carbocycles. The zero-order valence-electron chi connectivity index (χ0n) is 14.6. The highest BCUT2D eigenvalue weighted by Gasteiger charge is 2.47. The van der Waals surface area contributed by atoms with Crippen molar-refractivity contribution in [2.75, 3.05) is 18.6 Å². The van der Waals surface area contributed by atoms with Crippen molar-refractivity contribution >= 4 is 11.6 Å². The Morgan fingerprint density at radius 2 is 2.08 bits per heavy atom. The van der Waals surface area contributed by atoms with E-state index < -0.39 is 11.8 Å². The van der Waals surface area contributed by atoms with Crippen LogP contribution in [0.1, 0.15) is 26.7 Å². The topological polar surface area (TPSA) is 96.8 Å². The summed E-state index contributed by atoms with van der Waals surface area (Å²) in [6.07, 6.45) is 1.38. The number of methoxy groups -OCH3 is 1. The van der Waals surface area contributed by atoms with Gasteiger partial charge in [-0.15, -0.1) is 0 Å². The van der Waals surface area contributed by atoms with E-state index in [-0.39, 0.29) is 18.1 Å². The Labute approximate surface area is 146 Å². The van der Waals surface area contributed by atoms with Crippen molar-refractivity contribution in [1.82, 2.24) is 0 Å². The molecule has 2 saturated heterocycles. The molecule has 3 atom stereocenters. The van der Waals surface area contributed by atoms with Crippen molar-refractivity contribution in [3.63, 3.8) is 0 Å². The second kappa shape index (κ2) is 6.92. The molecule has 2 aliphatic heterocycles. The molecule has 8 nitrogen and oxygen atoms in total. The van der Waals surface area contributed by atoms with Crippen LogP contribution >= 0.6 is 0 Å². The van der Waals surface area contributed by atoms with E-state index in [0.717, 1.165) is 17.9 Å². The van der Waals surface area contributed by atoms with Gasteiger partial charge in [-0.2, -0.15) is 0 Å². The molecular weight excluding hydrogens is 324 g/mol. The Kier molecular flexibility index (Phi) is 4.85. The Morgan fingerprint density at radius 3 is 2.64 bits per heavy atom. The fourth-order valence-electron chi connectivity index (χ4n) is 3.32. The van der Waals surface area contributed by atoms with E-state index >= 15 is 0 Å². The predicted octanol–water partition coefficient (Wildman–Crippen LogP) is 3.02. The molecule has 0 radical (unpaired) electrons. The van der Waals surface area contributed by atoms with Crippen LogP contribution in [-0.4, -0.2) is 43.6 Å². The summed E-state index contributed by atoms with van der Waals surface area (Å²) in [6, 6.07) is 6.42. The number of hydrogen-bond donors (Lipinski definition) is 0. The first-order valence-electron chi connectivity index (χ1n) is 8.28. The van der Waals surface area contributed by atoms with Gasteiger partial charge in [-0.1, -0.05) is 5.11 Å². The van der Waals surface area contributed by atoms with E-state index in [1.165, 1.54) is 0 Å². The number of anilines is 1. The van der Waals surface area contributed by atoms with Gasteiger partial charge in [0, 0.05) is 10.6 Å². The van der Waals surface area contributed by atoms with Crippen molar-refractivity contribution in [2.45, 2.75) is 50.7 Å². The van der Waals surface area contributed by atoms with Gasteiger partial charge >= 0.3 is 0 Å². The van der Waals surface area contributed by atoms with Gasteiger partial charge in [0.25, 0.3) is 0 Å². The van der Waals surface area contributed by atoms with E-state index in [1.54, 1.807) is 24.1 Å². The quantitative estimate of drug-likeness (QED) is 0.342. The van der Waals surface area contributed by atoms with Gasteiger partial charge in [0.1, 0.15) is 11.8 Å². The number of hydrogen-bond acceptors (Lipinski definition) is 5. The second-order valence-corrected chi connectivity index (χ2v) is 6.65. The number of β-lactam (4-membered cyclic amide) rings is 1. The molecule has 0 bridgehead atoms. The number of benzene rings is 1. The lowest BCUT2D eigenvalue weighted by molar-refractivity contribution is -0.139. The minimum atomic E-state index is -0.664. The number of amides is 1. The number of ether oxygens (including phenoxy) is 3. The van der Waals surface area contributed by atoms with Crippen molar-refractivity contribution in [3.05, 3.63) is 34.7 Å². The van der Waals surface area contributed by atoms with Crippen LogP contribution in [0.3, 0.4) is 0 Å². The SMILES string of the molecule is COc1ccc(N2C(=O)[C@@H](N=[N+]=[N-])[C@H]2CCC2COC(C)(C)O2)cc1. The Morgan fingerprint density at radius 1 is 1.36 bits per heavy atom. The largest absolute Gasteiger partial charge is 0.497 e. The maximum atomic E-state index is 12.4. The molecule has 0 aromatic heterocycles. The lowest BCUT2D eigenvalue weighted by Crippen LogP contribution is -2.64. The summed E-state index contributed by atoms with van der Waals surface area (Å²) in [5, 5.41) is 3.67. The monoisotopic (exact) mass is 346 g/mol. The van der Waals surface area contributed by atoms with Gasteiger partial charge in [-0.05, 0) is 56.5 Å². The van der Waals surface area contributed by atoms with Crippen molar-refractivity contribution in [3.8, 4) is 5.75 Å². The molecule has 134 valence electrons. The summed E-state index contributed by atoms with van der Waals surface area (Å²) < 4.78 is 16.5. The Balaban J connectivity index is 1.70. The van der Waals surface area contributed by atoms with Crippen molar-refractivity contribution in [1.29, 1.82) is 0 Å². The van der Waals surface area contributed by atoms with Gasteiger partial charge in [-0.3, -0.25) is 4.79 Å². The minimum absolute atomic E-state index is 0.0184. The average molecular weight is 346 g/mol. The zero-order chi connectivity index (χ0) is 18.0. The van der Waals surface area contributed by atoms with Crippen molar-refractivity contribution < 1.29 is 19.0 Å². The summed E-state index contributed by atoms with van der Waals surface area (Å²) in [5.74, 6) is -0.0320. The molecule has 0 spiro atoms. The second-order valence-electron chi connectivity index (χ2n) is 6.65. The Hall–Kier alpha value is -2.28. The van der Waals surface area contributed by atoms with Crippen molar-refractivity contribution in [2.24, 2.45) is 5.11 Å². The summed E-state index contributed by atoms with van der Waals surface area (Å²) >= 11 is 0. The smallest absolute Gasteiger partial charge is 0.238 e. The maximum Gasteiger partial charge on any atom is 0.238 e.